The summed E-state index contributed by atoms with van der Waals surface area (Å²) < 4.78 is 0. The van der Waals surface area contributed by atoms with Gasteiger partial charge in [0.2, 0.25) is 5.78 Å². The van der Waals surface area contributed by atoms with E-state index in [1.807, 2.05) is 0 Å². The SMILES string of the molecule is O=C(CBr)C(=O)CCCO. The summed E-state index contributed by atoms with van der Waals surface area (Å²) in [6.45, 7) is -0.0404. The number of carbonyl (C=O) groups excluding carboxylic acids is 2. The normalized spacial score (nSPS) is 9.40. The molecule has 0 fully saturated rings. The predicted molar refractivity (Wildman–Crippen MR) is 40.1 cm³/mol. The minimum Gasteiger partial charge on any atom is -0.396 e. The Morgan fingerprint density at radius 2 is 1.90 bits per heavy atom. The van der Waals surface area contributed by atoms with Crippen LogP contribution in [0.4, 0.5) is 0 Å². The highest BCUT2D eigenvalue weighted by Gasteiger charge is 2.09. The molecule has 0 aliphatic rings. The number of carbonyl (C=O) groups is 2. The van der Waals surface area contributed by atoms with Crippen molar-refractivity contribution in [3.05, 3.63) is 0 Å². The lowest BCUT2D eigenvalue weighted by molar-refractivity contribution is -0.135. The fourth-order valence-corrected chi connectivity index (χ4v) is 0.766. The van der Waals surface area contributed by atoms with E-state index in [4.69, 9.17) is 5.11 Å². The van der Waals surface area contributed by atoms with Crippen molar-refractivity contribution >= 4 is 27.5 Å². The van der Waals surface area contributed by atoms with Gasteiger partial charge in [0.15, 0.2) is 5.78 Å². The summed E-state index contributed by atoms with van der Waals surface area (Å²) >= 11 is 2.87. The number of alkyl halides is 1. The average molecular weight is 209 g/mol. The largest absolute Gasteiger partial charge is 0.396 e. The van der Waals surface area contributed by atoms with E-state index in [9.17, 15) is 9.59 Å². The Morgan fingerprint density at radius 3 is 2.30 bits per heavy atom. The summed E-state index contributed by atoms with van der Waals surface area (Å²) in [5.74, 6) is -0.834. The fourth-order valence-electron chi connectivity index (χ4n) is 0.454. The Bertz CT molecular complexity index is 133. The van der Waals surface area contributed by atoms with Crippen molar-refractivity contribution in [3.8, 4) is 0 Å². The molecular formula is C6H9BrO3. The Hall–Kier alpha value is -0.220. The molecule has 58 valence electrons. The highest BCUT2D eigenvalue weighted by atomic mass is 79.9. The van der Waals surface area contributed by atoms with E-state index in [1.54, 1.807) is 0 Å². The van der Waals surface area contributed by atoms with Gasteiger partial charge >= 0.3 is 0 Å². The third-order valence-corrected chi connectivity index (χ3v) is 1.50. The summed E-state index contributed by atoms with van der Waals surface area (Å²) in [5, 5.41) is 8.38. The Kier molecular flexibility index (Phi) is 5.43. The molecule has 0 aromatic heterocycles. The number of rotatable bonds is 5. The van der Waals surface area contributed by atoms with Gasteiger partial charge in [0.25, 0.3) is 0 Å². The molecule has 4 heteroatoms. The minimum atomic E-state index is -0.423. The van der Waals surface area contributed by atoms with Gasteiger partial charge in [0.05, 0.1) is 5.33 Å². The predicted octanol–water partition coefficient (Wildman–Crippen LogP) is 0.292. The number of Topliss-reactive ketones (excluding diaryl/α,β-unsaturated/α-hetero) is 2. The van der Waals surface area contributed by atoms with E-state index in [0.29, 0.717) is 6.42 Å². The topological polar surface area (TPSA) is 54.4 Å². The zero-order chi connectivity index (χ0) is 7.98. The fraction of sp³-hybridized carbons (Fsp3) is 0.667. The van der Waals surface area contributed by atoms with Crippen molar-refractivity contribution in [2.45, 2.75) is 12.8 Å². The zero-order valence-electron chi connectivity index (χ0n) is 5.47. The zero-order valence-corrected chi connectivity index (χ0v) is 7.06. The highest BCUT2D eigenvalue weighted by molar-refractivity contribution is 9.09. The van der Waals surface area contributed by atoms with Gasteiger partial charge in [0, 0.05) is 13.0 Å². The van der Waals surface area contributed by atoms with Gasteiger partial charge in [-0.3, -0.25) is 9.59 Å². The minimum absolute atomic E-state index is 0.0404. The molecule has 0 unspecified atom stereocenters. The van der Waals surface area contributed by atoms with Gasteiger partial charge in [0.1, 0.15) is 0 Å². The summed E-state index contributed by atoms with van der Waals surface area (Å²) in [4.78, 5) is 21.2. The van der Waals surface area contributed by atoms with Crippen molar-refractivity contribution in [1.82, 2.24) is 0 Å². The lowest BCUT2D eigenvalue weighted by Crippen LogP contribution is -2.14. The van der Waals surface area contributed by atoms with E-state index in [0.717, 1.165) is 0 Å². The van der Waals surface area contributed by atoms with Crippen LogP contribution in [0, 0.1) is 0 Å². The van der Waals surface area contributed by atoms with Crippen molar-refractivity contribution in [1.29, 1.82) is 0 Å². The van der Waals surface area contributed by atoms with E-state index < -0.39 is 11.6 Å². The van der Waals surface area contributed by atoms with Crippen LogP contribution in [0.3, 0.4) is 0 Å². The average Bonchev–Trinajstić information content (AvgIpc) is 1.98. The quantitative estimate of drug-likeness (QED) is 0.523. The third-order valence-electron chi connectivity index (χ3n) is 0.994. The molecule has 0 rings (SSSR count). The first kappa shape index (κ1) is 9.78. The van der Waals surface area contributed by atoms with Crippen LogP contribution in [0.2, 0.25) is 0 Å². The third kappa shape index (κ3) is 3.74. The van der Waals surface area contributed by atoms with Crippen molar-refractivity contribution in [2.24, 2.45) is 0 Å². The number of aliphatic hydroxyl groups excluding tert-OH is 1. The first-order valence-corrected chi connectivity index (χ1v) is 4.07. The molecule has 0 bridgehead atoms. The lowest BCUT2D eigenvalue weighted by atomic mass is 10.2. The molecule has 0 radical (unpaired) electrons. The maximum absolute atomic E-state index is 10.6. The molecule has 0 aliphatic heterocycles. The van der Waals surface area contributed by atoms with Gasteiger partial charge in [-0.05, 0) is 6.42 Å². The van der Waals surface area contributed by atoms with Gasteiger partial charge in [-0.15, -0.1) is 0 Å². The van der Waals surface area contributed by atoms with Crippen LogP contribution in [0.1, 0.15) is 12.8 Å². The van der Waals surface area contributed by atoms with Gasteiger partial charge in [-0.25, -0.2) is 0 Å². The molecule has 0 aliphatic carbocycles. The Labute approximate surface area is 67.5 Å². The molecule has 0 atom stereocenters. The van der Waals surface area contributed by atoms with Crippen LogP contribution in [-0.4, -0.2) is 28.6 Å². The summed E-state index contributed by atoms with van der Waals surface area (Å²) in [7, 11) is 0. The summed E-state index contributed by atoms with van der Waals surface area (Å²) in [6, 6.07) is 0. The van der Waals surface area contributed by atoms with Crippen molar-refractivity contribution in [2.75, 3.05) is 11.9 Å². The number of hydrogen-bond acceptors (Lipinski definition) is 3. The van der Waals surface area contributed by atoms with E-state index >= 15 is 0 Å². The number of ketones is 2. The molecule has 0 saturated carbocycles. The maximum atomic E-state index is 10.6. The molecular weight excluding hydrogens is 200 g/mol. The van der Waals surface area contributed by atoms with Crippen LogP contribution in [0.15, 0.2) is 0 Å². The monoisotopic (exact) mass is 208 g/mol. The Morgan fingerprint density at radius 1 is 1.30 bits per heavy atom. The maximum Gasteiger partial charge on any atom is 0.208 e. The molecule has 0 saturated heterocycles. The van der Waals surface area contributed by atoms with Gasteiger partial charge in [-0.2, -0.15) is 0 Å². The van der Waals surface area contributed by atoms with Crippen LogP contribution < -0.4 is 0 Å². The standard InChI is InChI=1S/C6H9BrO3/c7-4-6(10)5(9)2-1-3-8/h8H,1-4H2. The second-order valence-electron chi connectivity index (χ2n) is 1.81. The van der Waals surface area contributed by atoms with Gasteiger partial charge < -0.3 is 5.11 Å². The lowest BCUT2D eigenvalue weighted by Gasteiger charge is -1.92. The molecule has 10 heavy (non-hydrogen) atoms. The van der Waals surface area contributed by atoms with Crippen LogP contribution >= 0.6 is 15.9 Å². The Balaban J connectivity index is 3.52. The van der Waals surface area contributed by atoms with Crippen LogP contribution in [0.5, 0.6) is 0 Å². The molecule has 3 nitrogen and oxygen atoms in total. The van der Waals surface area contributed by atoms with E-state index in [-0.39, 0.29) is 18.4 Å². The molecule has 0 aromatic carbocycles. The smallest absolute Gasteiger partial charge is 0.208 e. The van der Waals surface area contributed by atoms with Crippen molar-refractivity contribution < 1.29 is 14.7 Å². The molecule has 0 heterocycles. The van der Waals surface area contributed by atoms with E-state index in [2.05, 4.69) is 15.9 Å². The first-order chi connectivity index (χ1) is 4.72. The molecule has 0 spiro atoms. The highest BCUT2D eigenvalue weighted by Crippen LogP contribution is 1.93. The number of aliphatic hydroxyl groups is 1. The summed E-state index contributed by atoms with van der Waals surface area (Å²) in [6.07, 6.45) is 0.526. The van der Waals surface area contributed by atoms with Crippen molar-refractivity contribution in [3.63, 3.8) is 0 Å². The van der Waals surface area contributed by atoms with Crippen LogP contribution in [-0.2, 0) is 9.59 Å². The molecule has 0 amide bonds. The van der Waals surface area contributed by atoms with Gasteiger partial charge in [-0.1, -0.05) is 15.9 Å². The molecule has 1 N–H and O–H groups in total. The summed E-state index contributed by atoms with van der Waals surface area (Å²) in [5.41, 5.74) is 0. The first-order valence-electron chi connectivity index (χ1n) is 2.95. The van der Waals surface area contributed by atoms with Crippen LogP contribution in [0.25, 0.3) is 0 Å². The second-order valence-corrected chi connectivity index (χ2v) is 2.37. The number of halogens is 1. The molecule has 0 aromatic rings. The van der Waals surface area contributed by atoms with E-state index in [1.165, 1.54) is 0 Å². The number of hydrogen-bond donors (Lipinski definition) is 1. The second kappa shape index (κ2) is 5.56.